The van der Waals surface area contributed by atoms with E-state index in [1.165, 1.54) is 15.5 Å². The molecule has 0 spiro atoms. The molecule has 37 heavy (non-hydrogen) atoms. The van der Waals surface area contributed by atoms with Crippen molar-refractivity contribution in [1.82, 2.24) is 19.8 Å². The van der Waals surface area contributed by atoms with E-state index in [9.17, 15) is 23.9 Å². The van der Waals surface area contributed by atoms with Gasteiger partial charge in [-0.15, -0.1) is 0 Å². The van der Waals surface area contributed by atoms with Crippen molar-refractivity contribution in [3.63, 3.8) is 0 Å². The molecule has 3 aliphatic rings. The molecule has 1 aromatic carbocycles. The first-order chi connectivity index (χ1) is 17.7. The van der Waals surface area contributed by atoms with Crippen LogP contribution in [0.1, 0.15) is 65.7 Å². The summed E-state index contributed by atoms with van der Waals surface area (Å²) in [7, 11) is 1.64. The SMILES string of the molecule is CC[C@H]1COC[C@@H]2c3nc(c(O)c(=O)n31)C(=O)NCc1cc(C)c(F)cc1OCCC1CC1C(=O)N2C. The molecule has 198 valence electrons. The smallest absolute Gasteiger partial charge is 0.296 e. The number of nitrogens with zero attached hydrogens (tertiary/aromatic N) is 3. The zero-order valence-corrected chi connectivity index (χ0v) is 21.1. The lowest BCUT2D eigenvalue weighted by Crippen LogP contribution is -2.40. The fourth-order valence-corrected chi connectivity index (χ4v) is 5.20. The molecule has 1 saturated carbocycles. The van der Waals surface area contributed by atoms with Gasteiger partial charge in [0.1, 0.15) is 23.4 Å². The summed E-state index contributed by atoms with van der Waals surface area (Å²) in [5, 5.41) is 13.4. The molecule has 10 nitrogen and oxygen atoms in total. The second-order valence-corrected chi connectivity index (χ2v) is 10.0. The third-order valence-corrected chi connectivity index (χ3v) is 7.64. The molecule has 2 amide bonds. The van der Waals surface area contributed by atoms with E-state index in [4.69, 9.17) is 9.47 Å². The van der Waals surface area contributed by atoms with Gasteiger partial charge in [0.2, 0.25) is 11.7 Å². The molecule has 2 aromatic rings. The fourth-order valence-electron chi connectivity index (χ4n) is 5.20. The summed E-state index contributed by atoms with van der Waals surface area (Å²) in [5.74, 6) is -1.67. The summed E-state index contributed by atoms with van der Waals surface area (Å²) in [6.45, 7) is 4.09. The number of ether oxygens (including phenoxy) is 2. The molecule has 1 aromatic heterocycles. The Hall–Kier alpha value is -3.47. The normalized spacial score (nSPS) is 25.9. The number of aromatic nitrogens is 2. The molecule has 1 fully saturated rings. The van der Waals surface area contributed by atoms with Gasteiger partial charge in [0, 0.05) is 31.1 Å². The Bertz CT molecular complexity index is 1310. The molecular formula is C26H31FN4O6. The molecule has 0 saturated heterocycles. The minimum absolute atomic E-state index is 0.0244. The van der Waals surface area contributed by atoms with Crippen molar-refractivity contribution in [3.05, 3.63) is 50.9 Å². The Morgan fingerprint density at radius 3 is 2.78 bits per heavy atom. The number of amides is 2. The average Bonchev–Trinajstić information content (AvgIpc) is 3.67. The summed E-state index contributed by atoms with van der Waals surface area (Å²) >= 11 is 0. The number of likely N-dealkylation sites (N-methyl/N-ethyl adjacent to an activating group) is 1. The van der Waals surface area contributed by atoms with E-state index in [1.807, 2.05) is 6.92 Å². The number of carbonyl (C=O) groups excluding carboxylic acids is 2. The molecule has 0 radical (unpaired) electrons. The molecule has 4 atom stereocenters. The van der Waals surface area contributed by atoms with Gasteiger partial charge in [0.15, 0.2) is 5.69 Å². The van der Waals surface area contributed by atoms with Gasteiger partial charge in [-0.1, -0.05) is 6.92 Å². The Morgan fingerprint density at radius 1 is 1.24 bits per heavy atom. The lowest BCUT2D eigenvalue weighted by atomic mass is 10.1. The number of fused-ring (bicyclic) bond motifs is 3. The first-order valence-electron chi connectivity index (χ1n) is 12.6. The molecule has 11 heteroatoms. The average molecular weight is 515 g/mol. The van der Waals surface area contributed by atoms with Crippen molar-refractivity contribution in [2.45, 2.75) is 51.7 Å². The van der Waals surface area contributed by atoms with Crippen LogP contribution in [0.2, 0.25) is 0 Å². The maximum atomic E-state index is 14.3. The predicted octanol–water partition coefficient (Wildman–Crippen LogP) is 2.23. The van der Waals surface area contributed by atoms with Crippen molar-refractivity contribution in [2.75, 3.05) is 26.9 Å². The molecule has 2 aliphatic heterocycles. The summed E-state index contributed by atoms with van der Waals surface area (Å²) in [5.41, 5.74) is -0.257. The Kier molecular flexibility index (Phi) is 6.65. The first-order valence-corrected chi connectivity index (χ1v) is 12.6. The van der Waals surface area contributed by atoms with Crippen molar-refractivity contribution in [2.24, 2.45) is 11.8 Å². The number of benzene rings is 1. The third-order valence-electron chi connectivity index (χ3n) is 7.64. The van der Waals surface area contributed by atoms with Gasteiger partial charge in [-0.25, -0.2) is 9.37 Å². The van der Waals surface area contributed by atoms with Gasteiger partial charge in [0.25, 0.3) is 11.5 Å². The maximum Gasteiger partial charge on any atom is 0.296 e. The zero-order valence-electron chi connectivity index (χ0n) is 21.1. The van der Waals surface area contributed by atoms with Gasteiger partial charge in [-0.05, 0) is 43.7 Å². The highest BCUT2D eigenvalue weighted by atomic mass is 19.1. The molecule has 3 heterocycles. The van der Waals surface area contributed by atoms with Gasteiger partial charge in [-0.2, -0.15) is 0 Å². The number of nitrogens with one attached hydrogen (secondary N) is 1. The lowest BCUT2D eigenvalue weighted by Gasteiger charge is -2.29. The van der Waals surface area contributed by atoms with E-state index in [2.05, 4.69) is 10.3 Å². The molecular weight excluding hydrogens is 483 g/mol. The van der Waals surface area contributed by atoms with Crippen LogP contribution in [0.3, 0.4) is 0 Å². The van der Waals surface area contributed by atoms with E-state index in [-0.39, 0.29) is 43.3 Å². The summed E-state index contributed by atoms with van der Waals surface area (Å²) in [6, 6.07) is 1.75. The van der Waals surface area contributed by atoms with E-state index >= 15 is 0 Å². The van der Waals surface area contributed by atoms with Gasteiger partial charge < -0.3 is 24.8 Å². The third kappa shape index (κ3) is 4.56. The predicted molar refractivity (Wildman–Crippen MR) is 130 cm³/mol. The van der Waals surface area contributed by atoms with Crippen molar-refractivity contribution >= 4 is 11.8 Å². The molecule has 5 rings (SSSR count). The topological polar surface area (TPSA) is 123 Å². The highest BCUT2D eigenvalue weighted by molar-refractivity contribution is 5.94. The van der Waals surface area contributed by atoms with Crippen LogP contribution in [-0.2, 0) is 16.1 Å². The molecule has 2 N–H and O–H groups in total. The number of aryl methyl sites for hydroxylation is 1. The van der Waals surface area contributed by atoms with Crippen LogP contribution in [0.5, 0.6) is 11.5 Å². The van der Waals surface area contributed by atoms with E-state index < -0.39 is 40.8 Å². The Morgan fingerprint density at radius 2 is 2.03 bits per heavy atom. The van der Waals surface area contributed by atoms with Crippen LogP contribution >= 0.6 is 0 Å². The largest absolute Gasteiger partial charge is 0.501 e. The number of carbonyl (C=O) groups is 2. The lowest BCUT2D eigenvalue weighted by molar-refractivity contribution is -0.135. The molecule has 2 unspecified atom stereocenters. The second kappa shape index (κ2) is 9.77. The van der Waals surface area contributed by atoms with Crippen LogP contribution in [0.4, 0.5) is 4.39 Å². The van der Waals surface area contributed by atoms with Gasteiger partial charge >= 0.3 is 0 Å². The van der Waals surface area contributed by atoms with Crippen LogP contribution < -0.4 is 15.6 Å². The number of hydrogen-bond acceptors (Lipinski definition) is 7. The van der Waals surface area contributed by atoms with Crippen LogP contribution in [-0.4, -0.2) is 58.2 Å². The first kappa shape index (κ1) is 25.2. The highest BCUT2D eigenvalue weighted by Gasteiger charge is 2.46. The Balaban J connectivity index is 1.61. The van der Waals surface area contributed by atoms with E-state index in [0.29, 0.717) is 42.7 Å². The number of rotatable bonds is 1. The van der Waals surface area contributed by atoms with Crippen LogP contribution in [0.15, 0.2) is 16.9 Å². The molecule has 2 bridgehead atoms. The molecule has 1 aliphatic carbocycles. The fraction of sp³-hybridized carbons (Fsp3) is 0.538. The van der Waals surface area contributed by atoms with E-state index in [0.717, 1.165) is 0 Å². The van der Waals surface area contributed by atoms with Crippen LogP contribution in [0.25, 0.3) is 0 Å². The minimum Gasteiger partial charge on any atom is -0.501 e. The van der Waals surface area contributed by atoms with Crippen molar-refractivity contribution in [3.8, 4) is 11.5 Å². The second-order valence-electron chi connectivity index (χ2n) is 10.0. The van der Waals surface area contributed by atoms with Crippen molar-refractivity contribution in [1.29, 1.82) is 0 Å². The highest BCUT2D eigenvalue weighted by Crippen LogP contribution is 2.44. The maximum absolute atomic E-state index is 14.3. The summed E-state index contributed by atoms with van der Waals surface area (Å²) in [4.78, 5) is 45.9. The van der Waals surface area contributed by atoms with E-state index in [1.54, 1.807) is 20.0 Å². The minimum atomic E-state index is -0.774. The summed E-state index contributed by atoms with van der Waals surface area (Å²) < 4.78 is 27.3. The number of hydrogen-bond donors (Lipinski definition) is 2. The quantitative estimate of drug-likeness (QED) is 0.598. The number of halogens is 1. The monoisotopic (exact) mass is 514 g/mol. The standard InChI is InChI=1S/C26H31FN4O6/c1-4-16-11-36-12-19-23-29-21(22(32)26(35)31(16)23)24(33)28-10-15-7-13(2)18(27)9-20(15)37-6-5-14-8-17(14)25(34)30(19)3/h7,9,14,16-17,19,32H,4-6,8,10-12H2,1-3H3,(H,28,33)/t14?,16-,17?,19+/m0/s1. The zero-order chi connectivity index (χ0) is 26.4. The Labute approximate surface area is 213 Å². The van der Waals surface area contributed by atoms with Gasteiger partial charge in [-0.3, -0.25) is 19.0 Å². The summed E-state index contributed by atoms with van der Waals surface area (Å²) in [6.07, 6.45) is 1.85. The van der Waals surface area contributed by atoms with Crippen molar-refractivity contribution < 1.29 is 28.6 Å². The van der Waals surface area contributed by atoms with Gasteiger partial charge in [0.05, 0.1) is 25.9 Å². The van der Waals surface area contributed by atoms with Crippen LogP contribution in [0, 0.1) is 24.6 Å². The number of aromatic hydroxyl groups is 1.